The summed E-state index contributed by atoms with van der Waals surface area (Å²) in [4.78, 5) is 18.7. The van der Waals surface area contributed by atoms with E-state index in [0.29, 0.717) is 40.3 Å². The number of para-hydroxylation sites is 2. The molecule has 5 rings (SSSR count). The maximum Gasteiger partial charge on any atom is 0.418 e. The Kier molecular flexibility index (Phi) is 8.01. The molecule has 0 amide bonds. The average Bonchev–Trinajstić information content (AvgIpc) is 3.24. The van der Waals surface area contributed by atoms with Crippen LogP contribution in [0.2, 0.25) is 0 Å². The van der Waals surface area contributed by atoms with Gasteiger partial charge < -0.3 is 9.30 Å². The highest BCUT2D eigenvalue weighted by Gasteiger charge is 2.34. The van der Waals surface area contributed by atoms with E-state index in [1.54, 1.807) is 48.7 Å². The molecule has 0 spiro atoms. The number of nitrogens with zero attached hydrogens (tertiary/aromatic N) is 4. The van der Waals surface area contributed by atoms with Crippen molar-refractivity contribution < 1.29 is 17.9 Å². The molecule has 5 aromatic rings. The lowest BCUT2D eigenvalue weighted by atomic mass is 9.96. The summed E-state index contributed by atoms with van der Waals surface area (Å²) in [6.07, 6.45) is -3.01. The molecule has 0 aliphatic heterocycles. The number of hydrogen-bond donors (Lipinski definition) is 0. The Labute approximate surface area is 248 Å². The summed E-state index contributed by atoms with van der Waals surface area (Å²) in [5.41, 5.74) is 3.79. The highest BCUT2D eigenvalue weighted by atomic mass is 19.4. The Bertz CT molecular complexity index is 1920. The molecule has 9 heteroatoms. The topological polar surface area (TPSA) is 61.4 Å². The normalized spacial score (nSPS) is 12.1. The summed E-state index contributed by atoms with van der Waals surface area (Å²) in [5.74, 6) is 1.29. The SMILES string of the molecule is CCOc1cc(C)c(-c2nc3ccccc3c(=O)n2N=Cc2cc(C)n(-c3ccccc3C(F)(F)F)c2C)cc1C(C)C. The van der Waals surface area contributed by atoms with Crippen molar-refractivity contribution in [2.45, 2.75) is 53.6 Å². The molecule has 0 unspecified atom stereocenters. The first-order valence-electron chi connectivity index (χ1n) is 14.1. The molecule has 0 bridgehead atoms. The van der Waals surface area contributed by atoms with Gasteiger partial charge in [0.25, 0.3) is 5.56 Å². The summed E-state index contributed by atoms with van der Waals surface area (Å²) in [6, 6.07) is 18.2. The third-order valence-electron chi connectivity index (χ3n) is 7.51. The Morgan fingerprint density at radius 1 is 1.00 bits per heavy atom. The van der Waals surface area contributed by atoms with Gasteiger partial charge in [0.1, 0.15) is 5.75 Å². The Balaban J connectivity index is 1.70. The molecule has 0 atom stereocenters. The Morgan fingerprint density at radius 2 is 1.70 bits per heavy atom. The van der Waals surface area contributed by atoms with Crippen LogP contribution in [0.4, 0.5) is 13.2 Å². The molecule has 43 heavy (non-hydrogen) atoms. The zero-order valence-corrected chi connectivity index (χ0v) is 25.0. The highest BCUT2D eigenvalue weighted by Crippen LogP contribution is 2.36. The number of alkyl halides is 3. The quantitative estimate of drug-likeness (QED) is 0.181. The van der Waals surface area contributed by atoms with Gasteiger partial charge in [0.05, 0.1) is 35.0 Å². The molecule has 0 saturated carbocycles. The van der Waals surface area contributed by atoms with Gasteiger partial charge in [-0.05, 0) is 87.2 Å². The van der Waals surface area contributed by atoms with Gasteiger partial charge >= 0.3 is 6.18 Å². The molecule has 2 heterocycles. The molecule has 2 aromatic heterocycles. The third-order valence-corrected chi connectivity index (χ3v) is 7.51. The smallest absolute Gasteiger partial charge is 0.418 e. The van der Waals surface area contributed by atoms with Crippen molar-refractivity contribution in [3.05, 3.63) is 111 Å². The zero-order valence-electron chi connectivity index (χ0n) is 25.0. The van der Waals surface area contributed by atoms with Crippen LogP contribution in [0.1, 0.15) is 60.3 Å². The molecule has 0 fully saturated rings. The van der Waals surface area contributed by atoms with Gasteiger partial charge in [0.2, 0.25) is 0 Å². The zero-order chi connectivity index (χ0) is 31.1. The standard InChI is InChI=1S/C34H33F3N4O2/c1-7-43-31-16-21(4)27(18-26(31)20(2)3)32-39-29-14-10-8-12-25(29)33(42)41(32)38-19-24-17-22(5)40(23(24)6)30-15-11-9-13-28(30)34(35,36)37/h8-20H,7H2,1-6H3. The number of ether oxygens (including phenoxy) is 1. The van der Waals surface area contributed by atoms with E-state index in [-0.39, 0.29) is 17.2 Å². The largest absolute Gasteiger partial charge is 0.494 e. The second kappa shape index (κ2) is 11.6. The van der Waals surface area contributed by atoms with Gasteiger partial charge in [-0.15, -0.1) is 0 Å². The van der Waals surface area contributed by atoms with Crippen LogP contribution in [0.15, 0.2) is 76.6 Å². The maximum atomic E-state index is 13.8. The summed E-state index contributed by atoms with van der Waals surface area (Å²) >= 11 is 0. The van der Waals surface area contributed by atoms with E-state index in [1.807, 2.05) is 32.0 Å². The van der Waals surface area contributed by atoms with Crippen molar-refractivity contribution >= 4 is 17.1 Å². The Hall–Kier alpha value is -4.66. The number of rotatable bonds is 7. The molecule has 0 radical (unpaired) electrons. The fourth-order valence-corrected chi connectivity index (χ4v) is 5.39. The van der Waals surface area contributed by atoms with Crippen LogP contribution in [0.5, 0.6) is 5.75 Å². The van der Waals surface area contributed by atoms with E-state index in [4.69, 9.17) is 9.72 Å². The number of fused-ring (bicyclic) bond motifs is 1. The molecule has 0 aliphatic carbocycles. The first-order valence-corrected chi connectivity index (χ1v) is 14.1. The second-order valence-corrected chi connectivity index (χ2v) is 10.8. The lowest BCUT2D eigenvalue weighted by Gasteiger charge is -2.18. The van der Waals surface area contributed by atoms with Crippen LogP contribution >= 0.6 is 0 Å². The van der Waals surface area contributed by atoms with E-state index in [1.165, 1.54) is 23.0 Å². The van der Waals surface area contributed by atoms with E-state index < -0.39 is 11.7 Å². The maximum absolute atomic E-state index is 13.8. The van der Waals surface area contributed by atoms with Gasteiger partial charge in [-0.3, -0.25) is 4.79 Å². The first kappa shape index (κ1) is 29.8. The average molecular weight is 587 g/mol. The van der Waals surface area contributed by atoms with Crippen molar-refractivity contribution in [1.82, 2.24) is 14.2 Å². The second-order valence-electron chi connectivity index (χ2n) is 10.8. The lowest BCUT2D eigenvalue weighted by Crippen LogP contribution is -2.21. The number of benzene rings is 3. The number of halogens is 3. The first-order chi connectivity index (χ1) is 20.4. The van der Waals surface area contributed by atoms with Gasteiger partial charge in [-0.2, -0.15) is 22.9 Å². The molecule has 6 nitrogen and oxygen atoms in total. The van der Waals surface area contributed by atoms with Crippen molar-refractivity contribution in [2.24, 2.45) is 5.10 Å². The van der Waals surface area contributed by atoms with Gasteiger partial charge in [0.15, 0.2) is 5.82 Å². The van der Waals surface area contributed by atoms with Crippen molar-refractivity contribution in [2.75, 3.05) is 6.61 Å². The van der Waals surface area contributed by atoms with E-state index in [2.05, 4.69) is 18.9 Å². The predicted molar refractivity (Wildman–Crippen MR) is 165 cm³/mol. The van der Waals surface area contributed by atoms with Crippen LogP contribution in [-0.2, 0) is 6.18 Å². The Morgan fingerprint density at radius 3 is 2.40 bits per heavy atom. The number of aromatic nitrogens is 3. The van der Waals surface area contributed by atoms with Gasteiger partial charge in [-0.1, -0.05) is 38.1 Å². The minimum absolute atomic E-state index is 0.0288. The van der Waals surface area contributed by atoms with Gasteiger partial charge in [0, 0.05) is 22.5 Å². The molecule has 3 aromatic carbocycles. The lowest BCUT2D eigenvalue weighted by molar-refractivity contribution is -0.137. The predicted octanol–water partition coefficient (Wildman–Crippen LogP) is 8.20. The van der Waals surface area contributed by atoms with Crippen molar-refractivity contribution in [3.8, 4) is 22.8 Å². The van der Waals surface area contributed by atoms with Crippen molar-refractivity contribution in [3.63, 3.8) is 0 Å². The van der Waals surface area contributed by atoms with Crippen LogP contribution in [0, 0.1) is 20.8 Å². The van der Waals surface area contributed by atoms with Crippen LogP contribution in [0.3, 0.4) is 0 Å². The third kappa shape index (κ3) is 5.59. The number of hydrogen-bond acceptors (Lipinski definition) is 4. The number of aryl methyl sites for hydroxylation is 2. The fraction of sp³-hybridized carbons (Fsp3) is 0.265. The minimum Gasteiger partial charge on any atom is -0.494 e. The van der Waals surface area contributed by atoms with Crippen molar-refractivity contribution in [1.29, 1.82) is 0 Å². The molecule has 0 saturated heterocycles. The van der Waals surface area contributed by atoms with Crippen LogP contribution in [-0.4, -0.2) is 27.0 Å². The summed E-state index contributed by atoms with van der Waals surface area (Å²) < 4.78 is 50.2. The summed E-state index contributed by atoms with van der Waals surface area (Å²) in [7, 11) is 0. The van der Waals surface area contributed by atoms with E-state index in [9.17, 15) is 18.0 Å². The van der Waals surface area contributed by atoms with E-state index >= 15 is 0 Å². The highest BCUT2D eigenvalue weighted by molar-refractivity contribution is 5.84. The van der Waals surface area contributed by atoms with Crippen LogP contribution in [0.25, 0.3) is 28.0 Å². The molecular weight excluding hydrogens is 553 g/mol. The minimum atomic E-state index is -4.52. The summed E-state index contributed by atoms with van der Waals surface area (Å²) in [5, 5.41) is 5.01. The molecule has 222 valence electrons. The van der Waals surface area contributed by atoms with Gasteiger partial charge in [-0.25, -0.2) is 4.98 Å². The molecular formula is C34H33F3N4O2. The molecule has 0 aliphatic rings. The monoisotopic (exact) mass is 586 g/mol. The fourth-order valence-electron chi connectivity index (χ4n) is 5.39. The summed E-state index contributed by atoms with van der Waals surface area (Å²) in [6.45, 7) is 12.0. The van der Waals surface area contributed by atoms with Crippen LogP contribution < -0.4 is 10.3 Å². The van der Waals surface area contributed by atoms with E-state index in [0.717, 1.165) is 28.5 Å². The molecule has 0 N–H and O–H groups in total.